The number of hydrogen-bond donors (Lipinski definition) is 1. The molecule has 0 bridgehead atoms. The predicted molar refractivity (Wildman–Crippen MR) is 77.1 cm³/mol. The lowest BCUT2D eigenvalue weighted by Gasteiger charge is -2.05. The van der Waals surface area contributed by atoms with Gasteiger partial charge < -0.3 is 5.32 Å². The molecule has 0 aliphatic carbocycles. The molecule has 3 nitrogen and oxygen atoms in total. The third kappa shape index (κ3) is 1.84. The molecule has 0 aliphatic rings. The molecule has 0 amide bonds. The number of aryl methyl sites for hydroxylation is 1. The molecule has 90 valence electrons. The number of fused-ring (bicyclic) bond motifs is 1. The average molecular weight is 255 g/mol. The van der Waals surface area contributed by atoms with E-state index < -0.39 is 0 Å². The van der Waals surface area contributed by atoms with Crippen molar-refractivity contribution in [2.75, 3.05) is 12.4 Å². The molecule has 1 N–H and O–H groups in total. The third-order valence-corrected chi connectivity index (χ3v) is 3.88. The SMILES string of the molecule is CNc1ncc(-c2cc(C)nc3ccccc23)s1. The van der Waals surface area contributed by atoms with E-state index in [1.54, 1.807) is 11.3 Å². The van der Waals surface area contributed by atoms with E-state index in [9.17, 15) is 0 Å². The van der Waals surface area contributed by atoms with Crippen LogP contribution in [0.25, 0.3) is 21.3 Å². The van der Waals surface area contributed by atoms with Crippen LogP contribution in [-0.2, 0) is 0 Å². The van der Waals surface area contributed by atoms with Crippen LogP contribution < -0.4 is 5.32 Å². The average Bonchev–Trinajstić information content (AvgIpc) is 2.86. The summed E-state index contributed by atoms with van der Waals surface area (Å²) in [7, 11) is 1.89. The second kappa shape index (κ2) is 4.38. The molecular weight excluding hydrogens is 242 g/mol. The number of pyridine rings is 1. The zero-order valence-electron chi connectivity index (χ0n) is 10.3. The molecule has 3 aromatic rings. The molecule has 18 heavy (non-hydrogen) atoms. The Morgan fingerprint density at radius 2 is 2.06 bits per heavy atom. The second-order valence-corrected chi connectivity index (χ2v) is 5.14. The largest absolute Gasteiger partial charge is 0.365 e. The van der Waals surface area contributed by atoms with Crippen LogP contribution in [-0.4, -0.2) is 17.0 Å². The summed E-state index contributed by atoms with van der Waals surface area (Å²) in [6, 6.07) is 10.3. The van der Waals surface area contributed by atoms with Gasteiger partial charge in [0.05, 0.1) is 10.4 Å². The summed E-state index contributed by atoms with van der Waals surface area (Å²) < 4.78 is 0. The molecule has 4 heteroatoms. The molecule has 0 aliphatic heterocycles. The van der Waals surface area contributed by atoms with Crippen molar-refractivity contribution in [3.63, 3.8) is 0 Å². The molecule has 0 spiro atoms. The number of anilines is 1. The van der Waals surface area contributed by atoms with Crippen molar-refractivity contribution in [1.29, 1.82) is 0 Å². The maximum Gasteiger partial charge on any atom is 0.182 e. The van der Waals surface area contributed by atoms with Gasteiger partial charge in [0.2, 0.25) is 0 Å². The Kier molecular flexibility index (Phi) is 2.72. The summed E-state index contributed by atoms with van der Waals surface area (Å²) in [5.41, 5.74) is 3.27. The number of nitrogens with one attached hydrogen (secondary N) is 1. The lowest BCUT2D eigenvalue weighted by Crippen LogP contribution is -1.86. The van der Waals surface area contributed by atoms with Crippen molar-refractivity contribution in [3.05, 3.63) is 42.2 Å². The Labute approximate surface area is 110 Å². The van der Waals surface area contributed by atoms with Gasteiger partial charge in [-0.15, -0.1) is 0 Å². The summed E-state index contributed by atoms with van der Waals surface area (Å²) in [4.78, 5) is 10.1. The van der Waals surface area contributed by atoms with Crippen LogP contribution in [0.15, 0.2) is 36.5 Å². The monoisotopic (exact) mass is 255 g/mol. The molecule has 0 saturated heterocycles. The van der Waals surface area contributed by atoms with Gasteiger partial charge in [0.25, 0.3) is 0 Å². The smallest absolute Gasteiger partial charge is 0.182 e. The molecule has 3 rings (SSSR count). The Morgan fingerprint density at radius 1 is 1.22 bits per heavy atom. The molecule has 0 saturated carbocycles. The van der Waals surface area contributed by atoms with E-state index in [1.165, 1.54) is 15.8 Å². The number of benzene rings is 1. The molecule has 1 aromatic carbocycles. The van der Waals surface area contributed by atoms with Gasteiger partial charge in [-0.2, -0.15) is 0 Å². The topological polar surface area (TPSA) is 37.8 Å². The van der Waals surface area contributed by atoms with Crippen molar-refractivity contribution in [2.24, 2.45) is 0 Å². The predicted octanol–water partition coefficient (Wildman–Crippen LogP) is 3.71. The van der Waals surface area contributed by atoms with Gasteiger partial charge in [-0.3, -0.25) is 4.98 Å². The van der Waals surface area contributed by atoms with Gasteiger partial charge in [-0.25, -0.2) is 4.98 Å². The van der Waals surface area contributed by atoms with Crippen LogP contribution in [0.2, 0.25) is 0 Å². The number of rotatable bonds is 2. The van der Waals surface area contributed by atoms with Crippen LogP contribution in [0.5, 0.6) is 0 Å². The first-order valence-electron chi connectivity index (χ1n) is 5.78. The first kappa shape index (κ1) is 11.2. The Hall–Kier alpha value is -1.94. The summed E-state index contributed by atoms with van der Waals surface area (Å²) in [5, 5.41) is 5.18. The third-order valence-electron chi connectivity index (χ3n) is 2.83. The van der Waals surface area contributed by atoms with Crippen LogP contribution in [0.1, 0.15) is 5.69 Å². The van der Waals surface area contributed by atoms with E-state index in [0.717, 1.165) is 16.3 Å². The number of thiazole rings is 1. The summed E-state index contributed by atoms with van der Waals surface area (Å²) in [5.74, 6) is 0. The number of para-hydroxylation sites is 1. The van der Waals surface area contributed by atoms with Crippen molar-refractivity contribution in [3.8, 4) is 10.4 Å². The van der Waals surface area contributed by atoms with E-state index >= 15 is 0 Å². The van der Waals surface area contributed by atoms with Gasteiger partial charge in [-0.05, 0) is 19.1 Å². The lowest BCUT2D eigenvalue weighted by atomic mass is 10.1. The number of aromatic nitrogens is 2. The number of hydrogen-bond acceptors (Lipinski definition) is 4. The van der Waals surface area contributed by atoms with Crippen molar-refractivity contribution in [2.45, 2.75) is 6.92 Å². The summed E-state index contributed by atoms with van der Waals surface area (Å²) in [6.45, 7) is 2.02. The van der Waals surface area contributed by atoms with E-state index in [0.29, 0.717) is 0 Å². The number of nitrogens with zero attached hydrogens (tertiary/aromatic N) is 2. The van der Waals surface area contributed by atoms with Crippen molar-refractivity contribution >= 4 is 27.4 Å². The Morgan fingerprint density at radius 3 is 2.83 bits per heavy atom. The highest BCUT2D eigenvalue weighted by Crippen LogP contribution is 2.33. The maximum absolute atomic E-state index is 4.56. The Bertz CT molecular complexity index is 703. The highest BCUT2D eigenvalue weighted by molar-refractivity contribution is 7.19. The molecular formula is C14H13N3S. The molecule has 2 aromatic heterocycles. The minimum atomic E-state index is 0.934. The zero-order chi connectivity index (χ0) is 12.5. The van der Waals surface area contributed by atoms with Gasteiger partial charge in [0.15, 0.2) is 5.13 Å². The quantitative estimate of drug-likeness (QED) is 0.758. The van der Waals surface area contributed by atoms with Crippen molar-refractivity contribution in [1.82, 2.24) is 9.97 Å². The molecule has 2 heterocycles. The molecule has 0 fully saturated rings. The fraction of sp³-hybridized carbons (Fsp3) is 0.143. The first-order chi connectivity index (χ1) is 8.78. The fourth-order valence-corrected chi connectivity index (χ4v) is 2.83. The van der Waals surface area contributed by atoms with Crippen molar-refractivity contribution < 1.29 is 0 Å². The normalized spacial score (nSPS) is 10.8. The summed E-state index contributed by atoms with van der Waals surface area (Å²) >= 11 is 1.66. The van der Waals surface area contributed by atoms with Gasteiger partial charge in [0.1, 0.15) is 0 Å². The fourth-order valence-electron chi connectivity index (χ4n) is 2.03. The van der Waals surface area contributed by atoms with Crippen LogP contribution in [0.4, 0.5) is 5.13 Å². The van der Waals surface area contributed by atoms with E-state index in [4.69, 9.17) is 0 Å². The standard InChI is InChI=1S/C14H13N3S/c1-9-7-11(13-8-16-14(15-2)18-13)10-5-3-4-6-12(10)17-9/h3-8H,1-2H3,(H,15,16). The van der Waals surface area contributed by atoms with E-state index in [2.05, 4.69) is 27.4 Å². The minimum Gasteiger partial charge on any atom is -0.365 e. The summed E-state index contributed by atoms with van der Waals surface area (Å²) in [6.07, 6.45) is 1.91. The second-order valence-electron chi connectivity index (χ2n) is 4.11. The first-order valence-corrected chi connectivity index (χ1v) is 6.60. The maximum atomic E-state index is 4.56. The lowest BCUT2D eigenvalue weighted by molar-refractivity contribution is 1.26. The molecule has 0 atom stereocenters. The van der Waals surface area contributed by atoms with Crippen LogP contribution >= 0.6 is 11.3 Å². The minimum absolute atomic E-state index is 0.934. The van der Waals surface area contributed by atoms with Gasteiger partial charge >= 0.3 is 0 Å². The molecule has 0 unspecified atom stereocenters. The van der Waals surface area contributed by atoms with Gasteiger partial charge in [0, 0.05) is 29.9 Å². The van der Waals surface area contributed by atoms with E-state index in [-0.39, 0.29) is 0 Å². The highest BCUT2D eigenvalue weighted by Gasteiger charge is 2.09. The van der Waals surface area contributed by atoms with Crippen LogP contribution in [0.3, 0.4) is 0 Å². The zero-order valence-corrected chi connectivity index (χ0v) is 11.1. The highest BCUT2D eigenvalue weighted by atomic mass is 32.1. The Balaban J connectivity index is 2.27. The molecule has 0 radical (unpaired) electrons. The van der Waals surface area contributed by atoms with E-state index in [1.807, 2.05) is 38.4 Å². The van der Waals surface area contributed by atoms with Crippen LogP contribution in [0, 0.1) is 6.92 Å². The van der Waals surface area contributed by atoms with Gasteiger partial charge in [-0.1, -0.05) is 29.5 Å².